The van der Waals surface area contributed by atoms with Crippen molar-refractivity contribution >= 4 is 11.9 Å². The van der Waals surface area contributed by atoms with Gasteiger partial charge in [-0.15, -0.1) is 0 Å². The second-order valence-electron chi connectivity index (χ2n) is 5.34. The highest BCUT2D eigenvalue weighted by Gasteiger charge is 2.30. The van der Waals surface area contributed by atoms with Crippen LogP contribution in [0.5, 0.6) is 0 Å². The van der Waals surface area contributed by atoms with E-state index in [2.05, 4.69) is 0 Å². The fourth-order valence-corrected chi connectivity index (χ4v) is 1.90. The molecule has 0 saturated heterocycles. The maximum absolute atomic E-state index is 13.3. The molecular formula is C19H27NO3. The summed E-state index contributed by atoms with van der Waals surface area (Å²) in [5, 5.41) is 11.3. The molecule has 2 N–H and O–H groups in total. The van der Waals surface area contributed by atoms with Gasteiger partial charge in [0.1, 0.15) is 6.02 Å². The maximum Gasteiger partial charge on any atom is 0.326 e. The van der Waals surface area contributed by atoms with Crippen LogP contribution in [-0.2, 0) is 16.0 Å². The standard InChI is InChI=1S/C19H27NO3/c1-13(2)15-8-10-16(11-9-15)18(21)20-17(19(22)23)12-14-6-4-3-5-7-14/h3-7,13,15-17H,8-12H2,1-2H3,(H,20,21)(H,22,23)/i8D2,9D2,10D2,11D2,15D,16D,17D. The molecule has 1 atom stereocenters. The Morgan fingerprint density at radius 1 is 1.30 bits per heavy atom. The van der Waals surface area contributed by atoms with E-state index in [1.807, 2.05) is 0 Å². The number of rotatable bonds is 6. The van der Waals surface area contributed by atoms with Gasteiger partial charge in [-0.05, 0) is 42.9 Å². The zero-order chi connectivity index (χ0) is 26.8. The van der Waals surface area contributed by atoms with Crippen LogP contribution in [0.25, 0.3) is 0 Å². The van der Waals surface area contributed by atoms with Crippen molar-refractivity contribution in [1.29, 1.82) is 0 Å². The lowest BCUT2D eigenvalue weighted by Gasteiger charge is -2.30. The summed E-state index contributed by atoms with van der Waals surface area (Å²) < 4.78 is 92.0. The number of nitrogens with one attached hydrogen (secondary N) is 1. The third-order valence-electron chi connectivity index (χ3n) is 3.20. The first kappa shape index (κ1) is 7.82. The van der Waals surface area contributed by atoms with E-state index in [9.17, 15) is 14.7 Å². The average Bonchev–Trinajstić information content (AvgIpc) is 2.71. The lowest BCUT2D eigenvalue weighted by atomic mass is 9.76. The van der Waals surface area contributed by atoms with Crippen LogP contribution in [0.1, 0.15) is 60.0 Å². The second kappa shape index (κ2) is 8.14. The highest BCUT2D eigenvalue weighted by Crippen LogP contribution is 2.33. The van der Waals surface area contributed by atoms with Gasteiger partial charge in [-0.25, -0.2) is 4.79 Å². The molecular weight excluding hydrogens is 290 g/mol. The van der Waals surface area contributed by atoms with Crippen LogP contribution in [0, 0.1) is 17.7 Å². The Morgan fingerprint density at radius 2 is 1.91 bits per heavy atom. The number of carboxylic acid groups (broad SMARTS) is 1. The molecule has 0 aliphatic heterocycles. The third-order valence-corrected chi connectivity index (χ3v) is 3.20. The zero-order valence-electron chi connectivity index (χ0n) is 23.9. The molecule has 1 aromatic rings. The van der Waals surface area contributed by atoms with Gasteiger partial charge in [-0.3, -0.25) is 4.79 Å². The predicted molar refractivity (Wildman–Crippen MR) is 90.0 cm³/mol. The number of benzene rings is 1. The number of carboxylic acids is 1. The van der Waals surface area contributed by atoms with E-state index in [1.54, 1.807) is 11.4 Å². The van der Waals surface area contributed by atoms with Gasteiger partial charge in [0.15, 0.2) is 0 Å². The van der Waals surface area contributed by atoms with Crippen molar-refractivity contribution in [2.24, 2.45) is 17.7 Å². The highest BCUT2D eigenvalue weighted by molar-refractivity contribution is 5.85. The van der Waals surface area contributed by atoms with Crippen LogP contribution in [0.3, 0.4) is 0 Å². The fourth-order valence-electron chi connectivity index (χ4n) is 1.90. The molecule has 1 aromatic carbocycles. The molecule has 4 heteroatoms. The molecule has 1 fully saturated rings. The Balaban J connectivity index is 2.70. The Kier molecular flexibility index (Phi) is 2.77. The molecule has 1 unspecified atom stereocenters. The molecule has 0 bridgehead atoms. The molecule has 1 aliphatic carbocycles. The minimum Gasteiger partial charge on any atom is -0.480 e. The molecule has 23 heavy (non-hydrogen) atoms. The molecule has 126 valence electrons. The van der Waals surface area contributed by atoms with Crippen LogP contribution < -0.4 is 5.32 Å². The quantitative estimate of drug-likeness (QED) is 0.842. The predicted octanol–water partition coefficient (Wildman–Crippen LogP) is 3.26. The second-order valence-corrected chi connectivity index (χ2v) is 5.34. The Labute approximate surface area is 153 Å². The summed E-state index contributed by atoms with van der Waals surface area (Å²) in [4.78, 5) is 25.2. The first-order chi connectivity index (χ1) is 15.1. The van der Waals surface area contributed by atoms with Crippen molar-refractivity contribution in [1.82, 2.24) is 5.32 Å². The maximum atomic E-state index is 13.3. The van der Waals surface area contributed by atoms with Gasteiger partial charge in [0.05, 0.1) is 1.37 Å². The summed E-state index contributed by atoms with van der Waals surface area (Å²) in [7, 11) is 0. The lowest BCUT2D eigenvalue weighted by molar-refractivity contribution is -0.142. The Bertz CT molecular complexity index is 939. The average molecular weight is 328 g/mol. The summed E-state index contributed by atoms with van der Waals surface area (Å²) in [5.74, 6) is -12.2. The van der Waals surface area contributed by atoms with Crippen molar-refractivity contribution in [3.05, 3.63) is 35.9 Å². The third kappa shape index (κ3) is 5.08. The van der Waals surface area contributed by atoms with E-state index in [4.69, 9.17) is 15.1 Å². The van der Waals surface area contributed by atoms with Gasteiger partial charge in [-0.2, -0.15) is 0 Å². The first-order valence-electron chi connectivity index (χ1n) is 12.7. The number of hydrogen-bond donors (Lipinski definition) is 2. The van der Waals surface area contributed by atoms with E-state index >= 15 is 0 Å². The van der Waals surface area contributed by atoms with Crippen molar-refractivity contribution < 1.29 is 29.8 Å². The van der Waals surface area contributed by atoms with Crippen molar-refractivity contribution in [3.63, 3.8) is 0 Å². The Morgan fingerprint density at radius 3 is 2.43 bits per heavy atom. The van der Waals surface area contributed by atoms with E-state index in [0.29, 0.717) is 0 Å². The Hall–Kier alpha value is -1.84. The fraction of sp³-hybridized carbons (Fsp3) is 0.579. The number of aliphatic carboxylic acids is 1. The van der Waals surface area contributed by atoms with Crippen LogP contribution in [0.2, 0.25) is 0 Å². The summed E-state index contributed by atoms with van der Waals surface area (Å²) in [6, 6.07) is 4.67. The van der Waals surface area contributed by atoms with E-state index in [1.165, 1.54) is 38.1 Å². The van der Waals surface area contributed by atoms with Crippen molar-refractivity contribution in [3.8, 4) is 0 Å². The highest BCUT2D eigenvalue weighted by atomic mass is 16.4. The summed E-state index contributed by atoms with van der Waals surface area (Å²) >= 11 is 0. The molecule has 0 spiro atoms. The lowest BCUT2D eigenvalue weighted by Crippen LogP contribution is -2.45. The smallest absolute Gasteiger partial charge is 0.326 e. The molecule has 2 rings (SSSR count). The van der Waals surface area contributed by atoms with Gasteiger partial charge in [0.25, 0.3) is 0 Å². The molecule has 0 heterocycles. The molecule has 1 aliphatic rings. The molecule has 0 radical (unpaired) electrons. The largest absolute Gasteiger partial charge is 0.480 e. The normalized spacial score (nSPS) is 46.1. The van der Waals surface area contributed by atoms with E-state index in [-0.39, 0.29) is 5.56 Å². The van der Waals surface area contributed by atoms with Crippen molar-refractivity contribution in [2.75, 3.05) is 0 Å². The van der Waals surface area contributed by atoms with Gasteiger partial charge < -0.3 is 10.4 Å². The number of carbonyl (C=O) groups excluding carboxylic acids is 1. The molecule has 4 nitrogen and oxygen atoms in total. The minimum atomic E-state index is -3.91. The number of hydrogen-bond acceptors (Lipinski definition) is 2. The number of carbonyl (C=O) groups is 2. The van der Waals surface area contributed by atoms with Gasteiger partial charge in [-0.1, -0.05) is 44.2 Å². The summed E-state index contributed by atoms with van der Waals surface area (Å²) in [6.45, 7) is 2.40. The van der Waals surface area contributed by atoms with E-state index < -0.39 is 67.5 Å². The SMILES string of the molecule is [2H]C(Cc1ccccc1)(NC(=O)C1([2H])C([2H])([2H])C([2H])([2H])C([2H])(C(C)C)C([2H])([2H])C1([2H])[2H])C(=O)O. The van der Waals surface area contributed by atoms with Gasteiger partial charge >= 0.3 is 5.97 Å². The van der Waals surface area contributed by atoms with E-state index in [0.717, 1.165) is 0 Å². The van der Waals surface area contributed by atoms with Crippen molar-refractivity contribution in [2.45, 2.75) is 51.8 Å². The number of amides is 1. The van der Waals surface area contributed by atoms with Crippen LogP contribution in [0.15, 0.2) is 30.3 Å². The van der Waals surface area contributed by atoms with Crippen LogP contribution in [0.4, 0.5) is 0 Å². The summed E-state index contributed by atoms with van der Waals surface area (Å²) in [6.07, 6.45) is -15.5. The molecule has 0 aromatic heterocycles. The minimum absolute atomic E-state index is 0.268. The molecule has 1 saturated carbocycles. The monoisotopic (exact) mass is 328 g/mol. The zero-order valence-corrected chi connectivity index (χ0v) is 12.9. The topological polar surface area (TPSA) is 66.4 Å². The van der Waals surface area contributed by atoms with Crippen LogP contribution >= 0.6 is 0 Å². The summed E-state index contributed by atoms with van der Waals surface area (Å²) in [5.41, 5.74) is 0.268. The molecule has 1 amide bonds. The van der Waals surface area contributed by atoms with Crippen LogP contribution in [-0.4, -0.2) is 23.0 Å². The first-order valence-corrected chi connectivity index (χ1v) is 7.19. The van der Waals surface area contributed by atoms with Gasteiger partial charge in [0, 0.05) is 26.0 Å². The van der Waals surface area contributed by atoms with Gasteiger partial charge in [0.2, 0.25) is 5.91 Å².